The Morgan fingerprint density at radius 2 is 1.88 bits per heavy atom. The van der Waals surface area contributed by atoms with Crippen molar-refractivity contribution in [3.63, 3.8) is 0 Å². The van der Waals surface area contributed by atoms with Crippen LogP contribution in [-0.2, 0) is 26.7 Å². The number of aryl methyl sites for hydroxylation is 1. The Hall–Kier alpha value is -1.40. The lowest BCUT2D eigenvalue weighted by atomic mass is 9.50. The van der Waals surface area contributed by atoms with E-state index in [0.29, 0.717) is 12.0 Å². The summed E-state index contributed by atoms with van der Waals surface area (Å²) in [6.45, 7) is 7.71. The van der Waals surface area contributed by atoms with Crippen molar-refractivity contribution in [2.24, 2.45) is 11.3 Å². The third-order valence-corrected chi connectivity index (χ3v) is 7.78. The van der Waals surface area contributed by atoms with Gasteiger partial charge in [-0.1, -0.05) is 33.3 Å². The summed E-state index contributed by atoms with van der Waals surface area (Å²) in [5, 5.41) is 9.86. The Kier molecular flexibility index (Phi) is 4.51. The molecule has 1 fully saturated rings. The van der Waals surface area contributed by atoms with Crippen molar-refractivity contribution in [2.45, 2.75) is 76.0 Å². The summed E-state index contributed by atoms with van der Waals surface area (Å²) in [5.74, 6) is -0.850. The number of benzene rings is 1. The van der Waals surface area contributed by atoms with Crippen molar-refractivity contribution in [3.05, 3.63) is 28.8 Å². The number of rotatable bonds is 3. The zero-order valence-electron chi connectivity index (χ0n) is 15.9. The fourth-order valence-electron chi connectivity index (χ4n) is 5.45. The average molecular weight is 381 g/mol. The van der Waals surface area contributed by atoms with Gasteiger partial charge in [-0.25, -0.2) is 0 Å². The molecule has 0 saturated heterocycles. The minimum atomic E-state index is -4.34. The van der Waals surface area contributed by atoms with Crippen LogP contribution in [0.2, 0.25) is 0 Å². The van der Waals surface area contributed by atoms with Crippen molar-refractivity contribution >= 4 is 16.1 Å². The van der Waals surface area contributed by atoms with Gasteiger partial charge in [0.05, 0.1) is 10.3 Å². The van der Waals surface area contributed by atoms with Crippen molar-refractivity contribution in [2.75, 3.05) is 0 Å². The van der Waals surface area contributed by atoms with E-state index in [1.165, 1.54) is 0 Å². The second-order valence-electron chi connectivity index (χ2n) is 8.76. The number of carbonyl (C=O) groups is 1. The summed E-state index contributed by atoms with van der Waals surface area (Å²) < 4.78 is 33.8. The highest BCUT2D eigenvalue weighted by Crippen LogP contribution is 2.57. The quantitative estimate of drug-likeness (QED) is 0.769. The number of aliphatic carboxylic acids is 1. The van der Waals surface area contributed by atoms with Gasteiger partial charge in [0, 0.05) is 0 Å². The molecule has 6 heteroatoms. The highest BCUT2D eigenvalue weighted by molar-refractivity contribution is 7.85. The van der Waals surface area contributed by atoms with E-state index in [-0.39, 0.29) is 16.7 Å². The molecule has 0 bridgehead atoms. The fraction of sp³-hybridized carbons (Fsp3) is 0.650. The minimum absolute atomic E-state index is 0.0293. The zero-order chi connectivity index (χ0) is 19.5. The first-order valence-corrected chi connectivity index (χ1v) is 10.7. The van der Waals surface area contributed by atoms with Gasteiger partial charge in [0.1, 0.15) is 0 Å². The van der Waals surface area contributed by atoms with Crippen LogP contribution in [0.5, 0.6) is 0 Å². The molecule has 3 rings (SSSR count). The molecule has 144 valence electrons. The lowest BCUT2D eigenvalue weighted by Crippen LogP contribution is -2.52. The Morgan fingerprint density at radius 3 is 2.42 bits per heavy atom. The number of carboxylic acid groups (broad SMARTS) is 1. The molecular formula is C20H28O5S. The number of hydrogen-bond acceptors (Lipinski definition) is 3. The monoisotopic (exact) mass is 380 g/mol. The normalized spacial score (nSPS) is 31.4. The highest BCUT2D eigenvalue weighted by atomic mass is 32.2. The van der Waals surface area contributed by atoms with Crippen LogP contribution < -0.4 is 0 Å². The molecule has 0 heterocycles. The maximum atomic E-state index is 12.0. The van der Waals surface area contributed by atoms with E-state index >= 15 is 0 Å². The first kappa shape index (κ1) is 19.4. The lowest BCUT2D eigenvalue weighted by molar-refractivity contribution is -0.157. The Bertz CT molecular complexity index is 857. The van der Waals surface area contributed by atoms with Gasteiger partial charge >= 0.3 is 5.97 Å². The number of fused-ring (bicyclic) bond motifs is 3. The average Bonchev–Trinajstić information content (AvgIpc) is 2.52. The molecule has 1 aromatic carbocycles. The summed E-state index contributed by atoms with van der Waals surface area (Å²) in [7, 11) is -4.34. The van der Waals surface area contributed by atoms with Gasteiger partial charge < -0.3 is 5.11 Å². The molecule has 0 spiro atoms. The second kappa shape index (κ2) is 6.06. The van der Waals surface area contributed by atoms with Gasteiger partial charge in [-0.2, -0.15) is 8.42 Å². The molecule has 1 saturated carbocycles. The maximum Gasteiger partial charge on any atom is 0.309 e. The van der Waals surface area contributed by atoms with Gasteiger partial charge in [0.15, 0.2) is 0 Å². The summed E-state index contributed by atoms with van der Waals surface area (Å²) in [6, 6.07) is 3.54. The maximum absolute atomic E-state index is 12.0. The fourth-order valence-corrected chi connectivity index (χ4v) is 6.31. The van der Waals surface area contributed by atoms with Gasteiger partial charge in [0.25, 0.3) is 10.1 Å². The van der Waals surface area contributed by atoms with Crippen LogP contribution in [0.15, 0.2) is 17.0 Å². The van der Waals surface area contributed by atoms with E-state index in [9.17, 15) is 22.9 Å². The molecule has 5 nitrogen and oxygen atoms in total. The van der Waals surface area contributed by atoms with Crippen molar-refractivity contribution in [1.29, 1.82) is 0 Å². The molecule has 2 aliphatic rings. The van der Waals surface area contributed by atoms with Crippen LogP contribution in [0.4, 0.5) is 0 Å². The van der Waals surface area contributed by atoms with Gasteiger partial charge in [-0.05, 0) is 72.6 Å². The zero-order valence-corrected chi connectivity index (χ0v) is 16.7. The summed E-state index contributed by atoms with van der Waals surface area (Å²) in [6.07, 6.45) is 3.80. The van der Waals surface area contributed by atoms with E-state index in [1.807, 2.05) is 26.8 Å². The van der Waals surface area contributed by atoms with E-state index in [1.54, 1.807) is 6.07 Å². The third-order valence-electron chi connectivity index (χ3n) is 6.87. The smallest absolute Gasteiger partial charge is 0.309 e. The van der Waals surface area contributed by atoms with E-state index < -0.39 is 26.9 Å². The molecule has 0 amide bonds. The van der Waals surface area contributed by atoms with Crippen molar-refractivity contribution in [3.8, 4) is 0 Å². The lowest BCUT2D eigenvalue weighted by Gasteiger charge is -2.53. The van der Waals surface area contributed by atoms with Crippen LogP contribution in [0.25, 0.3) is 0 Å². The molecule has 0 aromatic heterocycles. The van der Waals surface area contributed by atoms with E-state index in [4.69, 9.17) is 0 Å². The molecule has 2 N–H and O–H groups in total. The van der Waals surface area contributed by atoms with Crippen molar-refractivity contribution < 1.29 is 22.9 Å². The van der Waals surface area contributed by atoms with Gasteiger partial charge in [0.2, 0.25) is 0 Å². The largest absolute Gasteiger partial charge is 0.481 e. The number of carboxylic acids is 1. The Balaban J connectivity index is 2.24. The molecular weight excluding hydrogens is 352 g/mol. The Labute approximate surface area is 155 Å². The minimum Gasteiger partial charge on any atom is -0.481 e. The van der Waals surface area contributed by atoms with Crippen LogP contribution >= 0.6 is 0 Å². The topological polar surface area (TPSA) is 91.7 Å². The second-order valence-corrected chi connectivity index (χ2v) is 10.2. The summed E-state index contributed by atoms with van der Waals surface area (Å²) in [4.78, 5) is 12.0. The molecule has 0 unspecified atom stereocenters. The van der Waals surface area contributed by atoms with Gasteiger partial charge in [-0.3, -0.25) is 9.35 Å². The number of hydrogen-bond donors (Lipinski definition) is 2. The first-order valence-electron chi connectivity index (χ1n) is 9.29. The molecule has 0 aliphatic heterocycles. The molecule has 3 atom stereocenters. The predicted molar refractivity (Wildman–Crippen MR) is 99.1 cm³/mol. The van der Waals surface area contributed by atoms with E-state index in [2.05, 4.69) is 6.92 Å². The van der Waals surface area contributed by atoms with Crippen LogP contribution in [0, 0.1) is 11.3 Å². The third kappa shape index (κ3) is 2.78. The summed E-state index contributed by atoms with van der Waals surface area (Å²) in [5.41, 5.74) is 1.42. The molecule has 2 aliphatic carbocycles. The molecule has 0 radical (unpaired) electrons. The van der Waals surface area contributed by atoms with Crippen LogP contribution in [0.1, 0.15) is 76.0 Å². The molecule has 1 aromatic rings. The SMILES string of the molecule is CC(C)c1cc2c(cc1S(=O)(=O)O)[C@]1(C)CCC[C@](C)(C(=O)O)[C@@H]1CC2. The first-order chi connectivity index (χ1) is 11.9. The predicted octanol–water partition coefficient (Wildman–Crippen LogP) is 4.15. The van der Waals surface area contributed by atoms with E-state index in [0.717, 1.165) is 36.8 Å². The highest BCUT2D eigenvalue weighted by Gasteiger charge is 2.55. The summed E-state index contributed by atoms with van der Waals surface area (Å²) >= 11 is 0. The van der Waals surface area contributed by atoms with Crippen LogP contribution in [-0.4, -0.2) is 24.0 Å². The standard InChI is InChI=1S/C20H28O5S/c1-12(2)14-10-13-6-7-17-19(3,8-5-9-20(17,4)18(21)22)15(13)11-16(14)26(23,24)25/h10-12,17H,5-9H2,1-4H3,(H,21,22)(H,23,24,25)/t17-,19+,20+/m1/s1. The van der Waals surface area contributed by atoms with Gasteiger partial charge in [-0.15, -0.1) is 0 Å². The Morgan fingerprint density at radius 1 is 1.23 bits per heavy atom. The van der Waals surface area contributed by atoms with Crippen molar-refractivity contribution in [1.82, 2.24) is 0 Å². The van der Waals surface area contributed by atoms with Crippen LogP contribution in [0.3, 0.4) is 0 Å². The molecule has 26 heavy (non-hydrogen) atoms.